The fourth-order valence-electron chi connectivity index (χ4n) is 4.54. The molecule has 2 fully saturated rings. The summed E-state index contributed by atoms with van der Waals surface area (Å²) in [4.78, 5) is 29.6. The van der Waals surface area contributed by atoms with Crippen LogP contribution in [0.2, 0.25) is 0 Å². The minimum atomic E-state index is -0.875. The molecule has 2 aliphatic rings. The molecule has 2 aromatic rings. The molecule has 2 aromatic carbocycles. The average Bonchev–Trinajstić information content (AvgIpc) is 3.32. The first-order chi connectivity index (χ1) is 15.4. The Morgan fingerprint density at radius 1 is 1.09 bits per heavy atom. The molecule has 170 valence electrons. The summed E-state index contributed by atoms with van der Waals surface area (Å²) in [5.41, 5.74) is 1.57. The molecule has 1 unspecified atom stereocenters. The molecule has 0 radical (unpaired) electrons. The number of amides is 2. The van der Waals surface area contributed by atoms with Gasteiger partial charge in [0.15, 0.2) is 0 Å². The first-order valence-corrected chi connectivity index (χ1v) is 11.2. The van der Waals surface area contributed by atoms with Crippen molar-refractivity contribution >= 4 is 11.8 Å². The number of hydrogen-bond donors (Lipinski definition) is 0. The summed E-state index contributed by atoms with van der Waals surface area (Å²) < 4.78 is 33.2. The molecule has 0 aromatic heterocycles. The molecule has 4 rings (SSSR count). The molecule has 1 aliphatic heterocycles. The standard InChI is InChI=1S/C25H28F2N2O3/c1-17-6-8-18(9-7-17)24(30)29(20-4-2-3-5-20)16-21-15-28(12-13-32-21)25(31)22-11-10-19(26)14-23(22)27/h6-11,14,20-21H,2-5,12-13,15-16H2,1H3. The van der Waals surface area contributed by atoms with Crippen LogP contribution in [0.25, 0.3) is 0 Å². The van der Waals surface area contributed by atoms with Crippen molar-refractivity contribution in [2.75, 3.05) is 26.2 Å². The molecule has 32 heavy (non-hydrogen) atoms. The Morgan fingerprint density at radius 2 is 1.81 bits per heavy atom. The lowest BCUT2D eigenvalue weighted by molar-refractivity contribution is -0.0372. The third kappa shape index (κ3) is 4.99. The van der Waals surface area contributed by atoms with E-state index in [1.165, 1.54) is 11.0 Å². The third-order valence-electron chi connectivity index (χ3n) is 6.31. The van der Waals surface area contributed by atoms with E-state index in [0.29, 0.717) is 31.3 Å². The first kappa shape index (κ1) is 22.4. The smallest absolute Gasteiger partial charge is 0.257 e. The number of carbonyl (C=O) groups is 2. The summed E-state index contributed by atoms with van der Waals surface area (Å²) in [5, 5.41) is 0. The highest BCUT2D eigenvalue weighted by Gasteiger charge is 2.33. The summed E-state index contributed by atoms with van der Waals surface area (Å²) in [6, 6.07) is 10.6. The molecule has 0 spiro atoms. The van der Waals surface area contributed by atoms with Crippen molar-refractivity contribution in [1.82, 2.24) is 9.80 Å². The van der Waals surface area contributed by atoms with Gasteiger partial charge in [-0.25, -0.2) is 8.78 Å². The molecule has 1 saturated heterocycles. The lowest BCUT2D eigenvalue weighted by atomic mass is 10.1. The van der Waals surface area contributed by atoms with Crippen molar-refractivity contribution in [3.05, 3.63) is 70.8 Å². The molecular formula is C25H28F2N2O3. The van der Waals surface area contributed by atoms with Crippen LogP contribution in [0.5, 0.6) is 0 Å². The lowest BCUT2D eigenvalue weighted by Gasteiger charge is -2.38. The van der Waals surface area contributed by atoms with Gasteiger partial charge >= 0.3 is 0 Å². The summed E-state index contributed by atoms with van der Waals surface area (Å²) >= 11 is 0. The van der Waals surface area contributed by atoms with E-state index in [9.17, 15) is 18.4 Å². The van der Waals surface area contributed by atoms with E-state index in [-0.39, 0.29) is 30.2 Å². The first-order valence-electron chi connectivity index (χ1n) is 11.2. The van der Waals surface area contributed by atoms with Gasteiger partial charge in [0.25, 0.3) is 11.8 Å². The molecule has 1 saturated carbocycles. The Kier molecular flexibility index (Phi) is 6.84. The summed E-state index contributed by atoms with van der Waals surface area (Å²) in [7, 11) is 0. The van der Waals surface area contributed by atoms with Crippen molar-refractivity contribution in [1.29, 1.82) is 0 Å². The van der Waals surface area contributed by atoms with Crippen LogP contribution in [-0.2, 0) is 4.74 Å². The van der Waals surface area contributed by atoms with E-state index in [1.807, 2.05) is 36.1 Å². The summed E-state index contributed by atoms with van der Waals surface area (Å²) in [5.74, 6) is -2.12. The number of morpholine rings is 1. The Hall–Kier alpha value is -2.80. The molecule has 1 heterocycles. The van der Waals surface area contributed by atoms with Gasteiger partial charge in [0.1, 0.15) is 11.6 Å². The lowest BCUT2D eigenvalue weighted by Crippen LogP contribution is -2.52. The molecule has 7 heteroatoms. The van der Waals surface area contributed by atoms with Gasteiger partial charge in [-0.05, 0) is 44.0 Å². The monoisotopic (exact) mass is 442 g/mol. The third-order valence-corrected chi connectivity index (χ3v) is 6.31. The highest BCUT2D eigenvalue weighted by atomic mass is 19.1. The highest BCUT2D eigenvalue weighted by Crippen LogP contribution is 2.26. The number of hydrogen-bond acceptors (Lipinski definition) is 3. The van der Waals surface area contributed by atoms with Crippen LogP contribution in [-0.4, -0.2) is 60.0 Å². The predicted molar refractivity (Wildman–Crippen MR) is 116 cm³/mol. The summed E-state index contributed by atoms with van der Waals surface area (Å²) in [6.45, 7) is 3.22. The highest BCUT2D eigenvalue weighted by molar-refractivity contribution is 5.95. The number of carbonyl (C=O) groups excluding carboxylic acids is 2. The maximum absolute atomic E-state index is 14.1. The number of halogens is 2. The van der Waals surface area contributed by atoms with Crippen LogP contribution < -0.4 is 0 Å². The van der Waals surface area contributed by atoms with Gasteiger partial charge < -0.3 is 14.5 Å². The second kappa shape index (κ2) is 9.77. The Bertz CT molecular complexity index is 974. The SMILES string of the molecule is Cc1ccc(C(=O)N(CC2CN(C(=O)c3ccc(F)cc3F)CCO2)C2CCCC2)cc1. The minimum Gasteiger partial charge on any atom is -0.373 e. The Balaban J connectivity index is 1.48. The van der Waals surface area contributed by atoms with Gasteiger partial charge in [0.2, 0.25) is 0 Å². The fraction of sp³-hybridized carbons (Fsp3) is 0.440. The number of nitrogens with zero attached hydrogens (tertiary/aromatic N) is 2. The fourth-order valence-corrected chi connectivity index (χ4v) is 4.54. The van der Waals surface area contributed by atoms with Crippen molar-refractivity contribution < 1.29 is 23.1 Å². The number of rotatable bonds is 5. The van der Waals surface area contributed by atoms with E-state index >= 15 is 0 Å². The van der Waals surface area contributed by atoms with E-state index in [0.717, 1.165) is 37.3 Å². The van der Waals surface area contributed by atoms with Crippen LogP contribution in [0.15, 0.2) is 42.5 Å². The van der Waals surface area contributed by atoms with Crippen LogP contribution in [0.3, 0.4) is 0 Å². The Morgan fingerprint density at radius 3 is 2.50 bits per heavy atom. The number of aryl methyl sites for hydroxylation is 1. The van der Waals surface area contributed by atoms with E-state index in [2.05, 4.69) is 0 Å². The number of benzene rings is 2. The van der Waals surface area contributed by atoms with E-state index in [1.54, 1.807) is 0 Å². The van der Waals surface area contributed by atoms with Crippen molar-refractivity contribution in [3.63, 3.8) is 0 Å². The van der Waals surface area contributed by atoms with Gasteiger partial charge in [-0.15, -0.1) is 0 Å². The van der Waals surface area contributed by atoms with Crippen LogP contribution in [0.4, 0.5) is 8.78 Å². The normalized spacial score (nSPS) is 19.2. The zero-order valence-electron chi connectivity index (χ0n) is 18.2. The second-order valence-electron chi connectivity index (χ2n) is 8.63. The van der Waals surface area contributed by atoms with Crippen molar-refractivity contribution in [2.24, 2.45) is 0 Å². The van der Waals surface area contributed by atoms with Crippen LogP contribution in [0.1, 0.15) is 52.0 Å². The maximum Gasteiger partial charge on any atom is 0.257 e. The van der Waals surface area contributed by atoms with Crippen molar-refractivity contribution in [3.8, 4) is 0 Å². The van der Waals surface area contributed by atoms with Gasteiger partial charge in [0.05, 0.1) is 18.3 Å². The topological polar surface area (TPSA) is 49.9 Å². The molecule has 5 nitrogen and oxygen atoms in total. The van der Waals surface area contributed by atoms with Gasteiger partial charge in [-0.3, -0.25) is 9.59 Å². The van der Waals surface area contributed by atoms with Gasteiger partial charge in [-0.2, -0.15) is 0 Å². The molecule has 2 amide bonds. The average molecular weight is 443 g/mol. The Labute approximate surface area is 187 Å². The predicted octanol–water partition coefficient (Wildman–Crippen LogP) is 4.20. The quantitative estimate of drug-likeness (QED) is 0.698. The maximum atomic E-state index is 14.1. The molecule has 1 atom stereocenters. The summed E-state index contributed by atoms with van der Waals surface area (Å²) in [6.07, 6.45) is 3.71. The van der Waals surface area contributed by atoms with E-state index in [4.69, 9.17) is 4.74 Å². The minimum absolute atomic E-state index is 0.0338. The van der Waals surface area contributed by atoms with Gasteiger partial charge in [-0.1, -0.05) is 30.5 Å². The van der Waals surface area contributed by atoms with Crippen LogP contribution in [0, 0.1) is 18.6 Å². The van der Waals surface area contributed by atoms with Crippen molar-refractivity contribution in [2.45, 2.75) is 44.8 Å². The molecular weight excluding hydrogens is 414 g/mol. The zero-order chi connectivity index (χ0) is 22.7. The number of ether oxygens (including phenoxy) is 1. The molecule has 1 aliphatic carbocycles. The van der Waals surface area contributed by atoms with Crippen LogP contribution >= 0.6 is 0 Å². The largest absolute Gasteiger partial charge is 0.373 e. The second-order valence-corrected chi connectivity index (χ2v) is 8.63. The molecule has 0 N–H and O–H groups in total. The zero-order valence-corrected chi connectivity index (χ0v) is 18.2. The van der Waals surface area contributed by atoms with Gasteiger partial charge in [0, 0.05) is 37.3 Å². The van der Waals surface area contributed by atoms with E-state index < -0.39 is 17.5 Å². The molecule has 0 bridgehead atoms.